The molecule has 0 aliphatic heterocycles. The Morgan fingerprint density at radius 2 is 1.91 bits per heavy atom. The van der Waals surface area contributed by atoms with E-state index in [1.54, 1.807) is 22.6 Å². The third-order valence-electron chi connectivity index (χ3n) is 3.64. The van der Waals surface area contributed by atoms with Crippen molar-refractivity contribution in [3.63, 3.8) is 0 Å². The van der Waals surface area contributed by atoms with Crippen molar-refractivity contribution in [2.75, 3.05) is 0 Å². The van der Waals surface area contributed by atoms with E-state index in [-0.39, 0.29) is 0 Å². The van der Waals surface area contributed by atoms with Gasteiger partial charge in [0, 0.05) is 29.6 Å². The predicted octanol–water partition coefficient (Wildman–Crippen LogP) is 2.76. The van der Waals surface area contributed by atoms with Crippen LogP contribution in [0.5, 0.6) is 0 Å². The standard InChI is InChI=1S/C17H12N4O2/c18-16(22)13-5-2-7-21-10-15(19-17(13)21)12-4-1-3-11(9-12)14-6-8-23-20-14/h1-10H,(H2,18,22). The zero-order valence-corrected chi connectivity index (χ0v) is 12.0. The van der Waals surface area contributed by atoms with Crippen molar-refractivity contribution in [3.05, 3.63) is 66.7 Å². The maximum Gasteiger partial charge on any atom is 0.252 e. The Labute approximate surface area is 131 Å². The van der Waals surface area contributed by atoms with Crippen LogP contribution in [-0.4, -0.2) is 20.4 Å². The summed E-state index contributed by atoms with van der Waals surface area (Å²) < 4.78 is 6.67. The van der Waals surface area contributed by atoms with Gasteiger partial charge in [-0.3, -0.25) is 4.79 Å². The highest BCUT2D eigenvalue weighted by Crippen LogP contribution is 2.25. The quantitative estimate of drug-likeness (QED) is 0.630. The summed E-state index contributed by atoms with van der Waals surface area (Å²) in [5.41, 5.74) is 9.71. The highest BCUT2D eigenvalue weighted by atomic mass is 16.5. The Morgan fingerprint density at radius 3 is 2.65 bits per heavy atom. The van der Waals surface area contributed by atoms with Crippen molar-refractivity contribution in [3.8, 4) is 22.5 Å². The van der Waals surface area contributed by atoms with Crippen LogP contribution in [0.4, 0.5) is 0 Å². The number of hydrogen-bond acceptors (Lipinski definition) is 4. The monoisotopic (exact) mass is 304 g/mol. The molecule has 0 saturated heterocycles. The molecule has 0 spiro atoms. The summed E-state index contributed by atoms with van der Waals surface area (Å²) >= 11 is 0. The van der Waals surface area contributed by atoms with Crippen molar-refractivity contribution in [2.24, 2.45) is 5.73 Å². The smallest absolute Gasteiger partial charge is 0.252 e. The van der Waals surface area contributed by atoms with Crippen LogP contribution in [0, 0.1) is 0 Å². The molecule has 3 heterocycles. The van der Waals surface area contributed by atoms with E-state index in [0.29, 0.717) is 11.2 Å². The highest BCUT2D eigenvalue weighted by molar-refractivity contribution is 5.99. The minimum atomic E-state index is -0.496. The van der Waals surface area contributed by atoms with Crippen LogP contribution in [0.25, 0.3) is 28.2 Å². The number of nitrogens with zero attached hydrogens (tertiary/aromatic N) is 3. The van der Waals surface area contributed by atoms with Gasteiger partial charge in [-0.25, -0.2) is 4.98 Å². The molecule has 23 heavy (non-hydrogen) atoms. The van der Waals surface area contributed by atoms with Gasteiger partial charge >= 0.3 is 0 Å². The number of benzene rings is 1. The Kier molecular flexibility index (Phi) is 2.94. The number of rotatable bonds is 3. The third-order valence-corrected chi connectivity index (χ3v) is 3.64. The summed E-state index contributed by atoms with van der Waals surface area (Å²) in [6.07, 6.45) is 5.23. The molecule has 112 valence electrons. The molecule has 0 aliphatic carbocycles. The van der Waals surface area contributed by atoms with Gasteiger partial charge in [0.05, 0.1) is 11.3 Å². The van der Waals surface area contributed by atoms with Crippen LogP contribution >= 0.6 is 0 Å². The van der Waals surface area contributed by atoms with Gasteiger partial charge in [-0.15, -0.1) is 0 Å². The van der Waals surface area contributed by atoms with Gasteiger partial charge in [0.15, 0.2) is 0 Å². The summed E-state index contributed by atoms with van der Waals surface area (Å²) in [6.45, 7) is 0. The van der Waals surface area contributed by atoms with Crippen molar-refractivity contribution >= 4 is 11.6 Å². The number of aromatic nitrogens is 3. The Balaban J connectivity index is 1.85. The number of imidazole rings is 1. The largest absolute Gasteiger partial charge is 0.365 e. The fourth-order valence-electron chi connectivity index (χ4n) is 2.54. The maximum absolute atomic E-state index is 11.5. The number of amides is 1. The van der Waals surface area contributed by atoms with Gasteiger partial charge in [0.2, 0.25) is 0 Å². The molecule has 1 aromatic carbocycles. The summed E-state index contributed by atoms with van der Waals surface area (Å²) in [5.74, 6) is -0.496. The van der Waals surface area contributed by atoms with Crippen molar-refractivity contribution in [2.45, 2.75) is 0 Å². The normalized spacial score (nSPS) is 11.0. The van der Waals surface area contributed by atoms with E-state index in [0.717, 1.165) is 22.5 Å². The van der Waals surface area contributed by atoms with Gasteiger partial charge in [0.1, 0.15) is 17.6 Å². The van der Waals surface area contributed by atoms with Gasteiger partial charge in [-0.1, -0.05) is 23.4 Å². The lowest BCUT2D eigenvalue weighted by atomic mass is 10.1. The van der Waals surface area contributed by atoms with Crippen LogP contribution in [0.15, 0.2) is 65.6 Å². The number of hydrogen-bond donors (Lipinski definition) is 1. The van der Waals surface area contributed by atoms with E-state index in [1.807, 2.05) is 36.7 Å². The topological polar surface area (TPSA) is 86.4 Å². The molecule has 0 bridgehead atoms. The zero-order valence-electron chi connectivity index (χ0n) is 12.0. The average Bonchev–Trinajstić information content (AvgIpc) is 3.23. The number of pyridine rings is 1. The van der Waals surface area contributed by atoms with Crippen molar-refractivity contribution in [1.29, 1.82) is 0 Å². The molecule has 3 aromatic heterocycles. The van der Waals surface area contributed by atoms with Gasteiger partial charge in [0.25, 0.3) is 5.91 Å². The molecule has 2 N–H and O–H groups in total. The van der Waals surface area contributed by atoms with Gasteiger partial charge < -0.3 is 14.7 Å². The van der Waals surface area contributed by atoms with Crippen LogP contribution in [-0.2, 0) is 0 Å². The molecule has 0 saturated carbocycles. The second-order valence-corrected chi connectivity index (χ2v) is 5.11. The molecule has 6 heteroatoms. The Morgan fingerprint density at radius 1 is 1.09 bits per heavy atom. The van der Waals surface area contributed by atoms with E-state index < -0.39 is 5.91 Å². The number of carbonyl (C=O) groups is 1. The van der Waals surface area contributed by atoms with E-state index in [1.165, 1.54) is 6.26 Å². The summed E-state index contributed by atoms with van der Waals surface area (Å²) in [5, 5.41) is 3.94. The minimum Gasteiger partial charge on any atom is -0.365 e. The predicted molar refractivity (Wildman–Crippen MR) is 84.6 cm³/mol. The molecular formula is C17H12N4O2. The second-order valence-electron chi connectivity index (χ2n) is 5.11. The molecule has 0 radical (unpaired) electrons. The van der Waals surface area contributed by atoms with E-state index in [4.69, 9.17) is 10.3 Å². The SMILES string of the molecule is NC(=O)c1cccn2cc(-c3cccc(-c4ccon4)c3)nc12. The Bertz CT molecular complexity index is 1000. The molecule has 1 amide bonds. The van der Waals surface area contributed by atoms with E-state index in [2.05, 4.69) is 10.1 Å². The maximum atomic E-state index is 11.5. The van der Waals surface area contributed by atoms with Crippen molar-refractivity contribution in [1.82, 2.24) is 14.5 Å². The van der Waals surface area contributed by atoms with E-state index in [9.17, 15) is 4.79 Å². The molecule has 4 rings (SSSR count). The molecule has 0 unspecified atom stereocenters. The highest BCUT2D eigenvalue weighted by Gasteiger charge is 2.12. The minimum absolute atomic E-state index is 0.395. The average molecular weight is 304 g/mol. The van der Waals surface area contributed by atoms with Gasteiger partial charge in [-0.05, 0) is 18.2 Å². The van der Waals surface area contributed by atoms with Gasteiger partial charge in [-0.2, -0.15) is 0 Å². The molecule has 4 aromatic rings. The molecule has 0 fully saturated rings. The summed E-state index contributed by atoms with van der Waals surface area (Å²) in [7, 11) is 0. The Hall–Kier alpha value is -3.41. The first-order valence-electron chi connectivity index (χ1n) is 7.01. The van der Waals surface area contributed by atoms with E-state index >= 15 is 0 Å². The fourth-order valence-corrected chi connectivity index (χ4v) is 2.54. The summed E-state index contributed by atoms with van der Waals surface area (Å²) in [6, 6.07) is 13.0. The zero-order chi connectivity index (χ0) is 15.8. The lowest BCUT2D eigenvalue weighted by molar-refractivity contribution is 0.100. The lowest BCUT2D eigenvalue weighted by Crippen LogP contribution is -2.12. The number of carbonyl (C=O) groups excluding carboxylic acids is 1. The number of primary amides is 1. The number of nitrogens with two attached hydrogens (primary N) is 1. The number of fused-ring (bicyclic) bond motifs is 1. The molecule has 0 atom stereocenters. The first kappa shape index (κ1) is 13.3. The first-order valence-corrected chi connectivity index (χ1v) is 7.01. The van der Waals surface area contributed by atoms with Crippen LogP contribution in [0.2, 0.25) is 0 Å². The van der Waals surface area contributed by atoms with Crippen LogP contribution in [0.1, 0.15) is 10.4 Å². The first-order chi connectivity index (χ1) is 11.2. The summed E-state index contributed by atoms with van der Waals surface area (Å²) in [4.78, 5) is 16.1. The van der Waals surface area contributed by atoms with Crippen LogP contribution in [0.3, 0.4) is 0 Å². The van der Waals surface area contributed by atoms with Crippen LogP contribution < -0.4 is 5.73 Å². The lowest BCUT2D eigenvalue weighted by Gasteiger charge is -1.99. The van der Waals surface area contributed by atoms with Crippen molar-refractivity contribution < 1.29 is 9.32 Å². The second kappa shape index (κ2) is 5.10. The molecule has 0 aliphatic rings. The molecule has 6 nitrogen and oxygen atoms in total. The fraction of sp³-hybridized carbons (Fsp3) is 0. The third kappa shape index (κ3) is 2.26. The molecular weight excluding hydrogens is 292 g/mol.